The molecule has 1 rings (SSSR count). The lowest BCUT2D eigenvalue weighted by atomic mass is 10.3. The number of hydrogen-bond acceptors (Lipinski definition) is 4. The molecule has 4 nitrogen and oxygen atoms in total. The molecule has 0 saturated heterocycles. The van der Waals surface area contributed by atoms with E-state index in [1.807, 2.05) is 0 Å². The van der Waals surface area contributed by atoms with E-state index in [2.05, 4.69) is 11.6 Å². The summed E-state index contributed by atoms with van der Waals surface area (Å²) in [6, 6.07) is 6.50. The van der Waals surface area contributed by atoms with Gasteiger partial charge in [0.2, 0.25) is 0 Å². The molecule has 0 atom stereocenters. The van der Waals surface area contributed by atoms with Crippen LogP contribution in [0, 0.1) is 10.1 Å². The Kier molecular flexibility index (Phi) is 4.42. The van der Waals surface area contributed by atoms with E-state index in [-0.39, 0.29) is 5.69 Å². The van der Waals surface area contributed by atoms with Gasteiger partial charge >= 0.3 is 0 Å². The van der Waals surface area contributed by atoms with E-state index in [4.69, 9.17) is 0 Å². The molecular formula is C9H12N2O2S. The Morgan fingerprint density at radius 2 is 2.07 bits per heavy atom. The van der Waals surface area contributed by atoms with Gasteiger partial charge < -0.3 is 0 Å². The molecule has 0 spiro atoms. The first-order valence-electron chi connectivity index (χ1n) is 4.38. The zero-order valence-electron chi connectivity index (χ0n) is 7.90. The van der Waals surface area contributed by atoms with E-state index in [1.54, 1.807) is 12.1 Å². The maximum absolute atomic E-state index is 10.4. The molecule has 1 N–H and O–H groups in total. The summed E-state index contributed by atoms with van der Waals surface area (Å²) in [4.78, 5) is 11.0. The molecule has 14 heavy (non-hydrogen) atoms. The van der Waals surface area contributed by atoms with E-state index in [1.165, 1.54) is 24.1 Å². The van der Waals surface area contributed by atoms with Crippen molar-refractivity contribution in [3.05, 3.63) is 34.4 Å². The molecule has 0 amide bonds. The molecule has 1 aromatic carbocycles. The van der Waals surface area contributed by atoms with Crippen LogP contribution < -0.4 is 4.72 Å². The average Bonchev–Trinajstić information content (AvgIpc) is 2.19. The SMILES string of the molecule is CCCNSc1ccc([N+](=O)[O-])cc1. The Morgan fingerprint density at radius 3 is 2.57 bits per heavy atom. The Balaban J connectivity index is 2.51. The van der Waals surface area contributed by atoms with Gasteiger partial charge in [0.15, 0.2) is 0 Å². The lowest BCUT2D eigenvalue weighted by Gasteiger charge is -2.01. The first-order valence-corrected chi connectivity index (χ1v) is 5.20. The van der Waals surface area contributed by atoms with Crippen LogP contribution in [0.5, 0.6) is 0 Å². The third-order valence-corrected chi connectivity index (χ3v) is 2.45. The standard InChI is InChI=1S/C9H12N2O2S/c1-2-7-10-14-9-5-3-8(4-6-9)11(12)13/h3-6,10H,2,7H2,1H3. The number of nitrogens with one attached hydrogen (secondary N) is 1. The predicted molar refractivity (Wildman–Crippen MR) is 57.2 cm³/mol. The van der Waals surface area contributed by atoms with Crippen molar-refractivity contribution < 1.29 is 4.92 Å². The molecule has 0 bridgehead atoms. The minimum absolute atomic E-state index is 0.129. The molecule has 76 valence electrons. The Bertz CT molecular complexity index is 300. The quantitative estimate of drug-likeness (QED) is 0.353. The largest absolute Gasteiger partial charge is 0.269 e. The lowest BCUT2D eigenvalue weighted by Crippen LogP contribution is -2.03. The minimum atomic E-state index is -0.395. The van der Waals surface area contributed by atoms with Crippen LogP contribution in [-0.2, 0) is 0 Å². The fourth-order valence-electron chi connectivity index (χ4n) is 0.872. The first kappa shape index (κ1) is 11.0. The number of non-ortho nitro benzene ring substituents is 1. The average molecular weight is 212 g/mol. The van der Waals surface area contributed by atoms with Gasteiger partial charge in [0.05, 0.1) is 4.92 Å². The molecule has 0 radical (unpaired) electrons. The minimum Gasteiger partial charge on any atom is -0.260 e. The summed E-state index contributed by atoms with van der Waals surface area (Å²) in [5.41, 5.74) is 0.129. The normalized spacial score (nSPS) is 10.1. The summed E-state index contributed by atoms with van der Waals surface area (Å²) >= 11 is 1.49. The van der Waals surface area contributed by atoms with Crippen LogP contribution in [0.25, 0.3) is 0 Å². The topological polar surface area (TPSA) is 55.2 Å². The fraction of sp³-hybridized carbons (Fsp3) is 0.333. The van der Waals surface area contributed by atoms with Gasteiger partial charge in [-0.15, -0.1) is 0 Å². The number of nitrogens with zero attached hydrogens (tertiary/aromatic N) is 1. The highest BCUT2D eigenvalue weighted by Gasteiger charge is 2.03. The first-order chi connectivity index (χ1) is 6.74. The van der Waals surface area contributed by atoms with Crippen molar-refractivity contribution in [2.75, 3.05) is 6.54 Å². The predicted octanol–water partition coefficient (Wildman–Crippen LogP) is 2.60. The molecule has 0 aliphatic heterocycles. The van der Waals surface area contributed by atoms with Gasteiger partial charge in [-0.1, -0.05) is 6.92 Å². The smallest absolute Gasteiger partial charge is 0.260 e. The summed E-state index contributed by atoms with van der Waals surface area (Å²) < 4.78 is 3.15. The Hall–Kier alpha value is -1.07. The highest BCUT2D eigenvalue weighted by atomic mass is 32.2. The zero-order chi connectivity index (χ0) is 10.4. The Morgan fingerprint density at radius 1 is 1.43 bits per heavy atom. The van der Waals surface area contributed by atoms with Crippen molar-refractivity contribution in [2.24, 2.45) is 0 Å². The number of rotatable bonds is 5. The van der Waals surface area contributed by atoms with Crippen LogP contribution in [0.4, 0.5) is 5.69 Å². The second-order valence-corrected chi connectivity index (χ2v) is 3.71. The molecule has 0 saturated carbocycles. The number of nitro groups is 1. The van der Waals surface area contributed by atoms with Crippen molar-refractivity contribution in [3.63, 3.8) is 0 Å². The lowest BCUT2D eigenvalue weighted by molar-refractivity contribution is -0.384. The van der Waals surface area contributed by atoms with E-state index in [9.17, 15) is 10.1 Å². The van der Waals surface area contributed by atoms with Crippen LogP contribution in [0.15, 0.2) is 29.2 Å². The van der Waals surface area contributed by atoms with Crippen LogP contribution in [-0.4, -0.2) is 11.5 Å². The van der Waals surface area contributed by atoms with Crippen LogP contribution >= 0.6 is 11.9 Å². The van der Waals surface area contributed by atoms with Gasteiger partial charge in [0.25, 0.3) is 5.69 Å². The third-order valence-electron chi connectivity index (χ3n) is 1.59. The second-order valence-electron chi connectivity index (χ2n) is 2.75. The van der Waals surface area contributed by atoms with E-state index in [0.717, 1.165) is 17.9 Å². The van der Waals surface area contributed by atoms with Crippen molar-refractivity contribution in [3.8, 4) is 0 Å². The number of hydrogen-bond donors (Lipinski definition) is 1. The summed E-state index contributed by atoms with van der Waals surface area (Å²) in [7, 11) is 0. The van der Waals surface area contributed by atoms with Gasteiger partial charge in [-0.25, -0.2) is 0 Å². The van der Waals surface area contributed by atoms with Crippen LogP contribution in [0.3, 0.4) is 0 Å². The summed E-state index contributed by atoms with van der Waals surface area (Å²) in [5.74, 6) is 0. The molecule has 0 unspecified atom stereocenters. The van der Waals surface area contributed by atoms with E-state index >= 15 is 0 Å². The Labute approximate surface area is 87.0 Å². The third kappa shape index (κ3) is 3.35. The molecule has 0 aliphatic carbocycles. The van der Waals surface area contributed by atoms with Gasteiger partial charge in [-0.3, -0.25) is 14.8 Å². The van der Waals surface area contributed by atoms with Crippen molar-refractivity contribution in [1.29, 1.82) is 0 Å². The van der Waals surface area contributed by atoms with Gasteiger partial charge in [-0.2, -0.15) is 0 Å². The van der Waals surface area contributed by atoms with Crippen molar-refractivity contribution in [1.82, 2.24) is 4.72 Å². The van der Waals surface area contributed by atoms with Crippen LogP contribution in [0.2, 0.25) is 0 Å². The van der Waals surface area contributed by atoms with E-state index < -0.39 is 4.92 Å². The molecule has 0 aromatic heterocycles. The highest BCUT2D eigenvalue weighted by molar-refractivity contribution is 7.97. The zero-order valence-corrected chi connectivity index (χ0v) is 8.71. The van der Waals surface area contributed by atoms with Gasteiger partial charge in [0.1, 0.15) is 0 Å². The maximum Gasteiger partial charge on any atom is 0.269 e. The number of benzene rings is 1. The van der Waals surface area contributed by atoms with Crippen LogP contribution in [0.1, 0.15) is 13.3 Å². The molecule has 0 fully saturated rings. The summed E-state index contributed by atoms with van der Waals surface area (Å²) in [6.07, 6.45) is 1.07. The highest BCUT2D eigenvalue weighted by Crippen LogP contribution is 2.18. The molecule has 1 aromatic rings. The fourth-order valence-corrected chi connectivity index (χ4v) is 1.62. The molecular weight excluding hydrogens is 200 g/mol. The maximum atomic E-state index is 10.4. The van der Waals surface area contributed by atoms with Gasteiger partial charge in [-0.05, 0) is 30.5 Å². The van der Waals surface area contributed by atoms with Crippen molar-refractivity contribution >= 4 is 17.6 Å². The number of nitro benzene ring substituents is 1. The molecule has 0 aliphatic rings. The monoisotopic (exact) mass is 212 g/mol. The summed E-state index contributed by atoms with van der Waals surface area (Å²) in [5, 5.41) is 10.4. The van der Waals surface area contributed by atoms with Gasteiger partial charge in [0, 0.05) is 23.6 Å². The summed E-state index contributed by atoms with van der Waals surface area (Å²) in [6.45, 7) is 3.02. The van der Waals surface area contributed by atoms with E-state index in [0.29, 0.717) is 0 Å². The molecule has 0 heterocycles. The molecule has 5 heteroatoms. The second kappa shape index (κ2) is 5.62. The van der Waals surface area contributed by atoms with Crippen molar-refractivity contribution in [2.45, 2.75) is 18.2 Å².